The molecule has 0 rings (SSSR count). The van der Waals surface area contributed by atoms with Crippen LogP contribution in [0, 0.1) is 0 Å². The molecule has 12 heavy (non-hydrogen) atoms. The average molecular weight is 236 g/mol. The molecule has 0 aliphatic carbocycles. The third-order valence-corrected chi connectivity index (χ3v) is 2.63. The molecule has 0 amide bonds. The molecule has 0 radical (unpaired) electrons. The summed E-state index contributed by atoms with van der Waals surface area (Å²) in [6.07, 6.45) is 3.89. The third-order valence-electron chi connectivity index (χ3n) is 2.07. The zero-order chi connectivity index (χ0) is 9.40. The van der Waals surface area contributed by atoms with Crippen molar-refractivity contribution in [3.63, 3.8) is 0 Å². The Morgan fingerprint density at radius 3 is 2.25 bits per heavy atom. The topological polar surface area (TPSA) is 3.24 Å². The summed E-state index contributed by atoms with van der Waals surface area (Å²) in [4.78, 5) is 2.56. The van der Waals surface area contributed by atoms with Crippen LogP contribution in [-0.4, -0.2) is 29.4 Å². The smallest absolute Gasteiger partial charge is 0.00385 e. The molecule has 0 heterocycles. The highest BCUT2D eigenvalue weighted by Crippen LogP contribution is 2.03. The van der Waals surface area contributed by atoms with Gasteiger partial charge in [-0.2, -0.15) is 0 Å². The van der Waals surface area contributed by atoms with Crippen LogP contribution in [0.1, 0.15) is 40.0 Å². The van der Waals surface area contributed by atoms with Crippen molar-refractivity contribution >= 4 is 15.9 Å². The van der Waals surface area contributed by atoms with Crippen LogP contribution in [0.5, 0.6) is 0 Å². The van der Waals surface area contributed by atoms with Crippen LogP contribution in [0.4, 0.5) is 0 Å². The summed E-state index contributed by atoms with van der Waals surface area (Å²) >= 11 is 3.46. The van der Waals surface area contributed by atoms with Crippen molar-refractivity contribution < 1.29 is 0 Å². The van der Waals surface area contributed by atoms with E-state index in [0.717, 1.165) is 5.33 Å². The lowest BCUT2D eigenvalue weighted by Crippen LogP contribution is -2.32. The van der Waals surface area contributed by atoms with Crippen LogP contribution in [0.15, 0.2) is 0 Å². The van der Waals surface area contributed by atoms with E-state index in [9.17, 15) is 0 Å². The molecule has 0 aromatic rings. The maximum Gasteiger partial charge on any atom is 0.00385 e. The summed E-state index contributed by atoms with van der Waals surface area (Å²) in [5.74, 6) is 0. The maximum absolute atomic E-state index is 3.46. The lowest BCUT2D eigenvalue weighted by molar-refractivity contribution is 0.219. The van der Waals surface area contributed by atoms with Crippen LogP contribution >= 0.6 is 15.9 Å². The second-order valence-corrected chi connectivity index (χ2v) is 4.32. The van der Waals surface area contributed by atoms with E-state index in [-0.39, 0.29) is 0 Å². The maximum atomic E-state index is 3.46. The van der Waals surface area contributed by atoms with Crippen molar-refractivity contribution in [3.8, 4) is 0 Å². The first-order chi connectivity index (χ1) is 5.72. The molecular weight excluding hydrogens is 214 g/mol. The van der Waals surface area contributed by atoms with Crippen molar-refractivity contribution in [2.75, 3.05) is 18.4 Å². The van der Waals surface area contributed by atoms with Gasteiger partial charge in [0.1, 0.15) is 0 Å². The van der Waals surface area contributed by atoms with Gasteiger partial charge < -0.3 is 4.90 Å². The fourth-order valence-corrected chi connectivity index (χ4v) is 1.72. The Morgan fingerprint density at radius 2 is 1.83 bits per heavy atom. The first-order valence-electron chi connectivity index (χ1n) is 5.02. The van der Waals surface area contributed by atoms with Crippen molar-refractivity contribution in [2.24, 2.45) is 0 Å². The molecule has 0 aromatic carbocycles. The monoisotopic (exact) mass is 235 g/mol. The first-order valence-corrected chi connectivity index (χ1v) is 6.14. The quantitative estimate of drug-likeness (QED) is 0.484. The molecule has 0 aromatic heterocycles. The van der Waals surface area contributed by atoms with Gasteiger partial charge in [0.2, 0.25) is 0 Å². The van der Waals surface area contributed by atoms with E-state index in [1.54, 1.807) is 0 Å². The van der Waals surface area contributed by atoms with Crippen molar-refractivity contribution in [3.05, 3.63) is 0 Å². The van der Waals surface area contributed by atoms with Crippen molar-refractivity contribution in [1.82, 2.24) is 4.90 Å². The second kappa shape index (κ2) is 8.06. The Kier molecular flexibility index (Phi) is 8.35. The van der Waals surface area contributed by atoms with Crippen LogP contribution in [0.25, 0.3) is 0 Å². The highest BCUT2D eigenvalue weighted by molar-refractivity contribution is 9.09. The Labute approximate surface area is 85.7 Å². The SMILES string of the molecule is CCCN(CCCCBr)C(C)C. The van der Waals surface area contributed by atoms with E-state index in [2.05, 4.69) is 41.6 Å². The summed E-state index contributed by atoms with van der Waals surface area (Å²) < 4.78 is 0. The highest BCUT2D eigenvalue weighted by Gasteiger charge is 2.06. The molecule has 0 bridgehead atoms. The fourth-order valence-electron chi connectivity index (χ4n) is 1.32. The minimum atomic E-state index is 0.709. The number of unbranched alkanes of at least 4 members (excludes halogenated alkanes) is 1. The Morgan fingerprint density at radius 1 is 1.17 bits per heavy atom. The van der Waals surface area contributed by atoms with Crippen LogP contribution in [-0.2, 0) is 0 Å². The number of hydrogen-bond donors (Lipinski definition) is 0. The summed E-state index contributed by atoms with van der Waals surface area (Å²) in [7, 11) is 0. The lowest BCUT2D eigenvalue weighted by Gasteiger charge is -2.25. The minimum absolute atomic E-state index is 0.709. The molecule has 0 fully saturated rings. The average Bonchev–Trinajstić information content (AvgIpc) is 2.03. The number of nitrogens with zero attached hydrogens (tertiary/aromatic N) is 1. The van der Waals surface area contributed by atoms with Gasteiger partial charge in [0.05, 0.1) is 0 Å². The Hall–Kier alpha value is 0.440. The summed E-state index contributed by atoms with van der Waals surface area (Å²) in [6.45, 7) is 9.32. The first kappa shape index (κ1) is 12.4. The van der Waals surface area contributed by atoms with Gasteiger partial charge in [-0.1, -0.05) is 22.9 Å². The second-order valence-electron chi connectivity index (χ2n) is 3.53. The molecule has 0 spiro atoms. The van der Waals surface area contributed by atoms with E-state index in [4.69, 9.17) is 0 Å². The molecule has 2 heteroatoms. The molecule has 0 atom stereocenters. The van der Waals surface area contributed by atoms with E-state index in [0.29, 0.717) is 6.04 Å². The predicted molar refractivity (Wildman–Crippen MR) is 60.0 cm³/mol. The molecular formula is C10H22BrN. The van der Waals surface area contributed by atoms with Crippen LogP contribution in [0.3, 0.4) is 0 Å². The lowest BCUT2D eigenvalue weighted by atomic mass is 10.2. The van der Waals surface area contributed by atoms with Gasteiger partial charge in [0.15, 0.2) is 0 Å². The van der Waals surface area contributed by atoms with E-state index in [1.165, 1.54) is 32.4 Å². The molecule has 0 saturated heterocycles. The Bertz CT molecular complexity index is 93.8. The minimum Gasteiger partial charge on any atom is -0.301 e. The molecule has 74 valence electrons. The van der Waals surface area contributed by atoms with E-state index >= 15 is 0 Å². The summed E-state index contributed by atoms with van der Waals surface area (Å²) in [5, 5.41) is 1.14. The normalized spacial score (nSPS) is 11.5. The number of alkyl halides is 1. The number of rotatable bonds is 7. The van der Waals surface area contributed by atoms with Crippen molar-refractivity contribution in [2.45, 2.75) is 46.1 Å². The van der Waals surface area contributed by atoms with Crippen LogP contribution in [0.2, 0.25) is 0 Å². The molecule has 0 saturated carbocycles. The summed E-state index contributed by atoms with van der Waals surface area (Å²) in [6, 6.07) is 0.709. The summed E-state index contributed by atoms with van der Waals surface area (Å²) in [5.41, 5.74) is 0. The highest BCUT2D eigenvalue weighted by atomic mass is 79.9. The van der Waals surface area contributed by atoms with Crippen molar-refractivity contribution in [1.29, 1.82) is 0 Å². The van der Waals surface area contributed by atoms with Crippen LogP contribution < -0.4 is 0 Å². The van der Waals surface area contributed by atoms with Gasteiger partial charge in [-0.3, -0.25) is 0 Å². The molecule has 0 unspecified atom stereocenters. The molecule has 0 aliphatic rings. The largest absolute Gasteiger partial charge is 0.301 e. The zero-order valence-corrected chi connectivity index (χ0v) is 10.2. The molecule has 1 nitrogen and oxygen atoms in total. The fraction of sp³-hybridized carbons (Fsp3) is 1.00. The number of halogens is 1. The van der Waals surface area contributed by atoms with E-state index in [1.807, 2.05) is 0 Å². The Balaban J connectivity index is 3.49. The predicted octanol–water partition coefficient (Wildman–Crippen LogP) is 3.28. The third kappa shape index (κ3) is 6.01. The van der Waals surface area contributed by atoms with E-state index < -0.39 is 0 Å². The molecule has 0 N–H and O–H groups in total. The van der Waals surface area contributed by atoms with Gasteiger partial charge in [0, 0.05) is 11.4 Å². The van der Waals surface area contributed by atoms with Gasteiger partial charge in [-0.25, -0.2) is 0 Å². The standard InChI is InChI=1S/C10H22BrN/c1-4-8-12(10(2)3)9-6-5-7-11/h10H,4-9H2,1-3H3. The van der Waals surface area contributed by atoms with Gasteiger partial charge in [-0.15, -0.1) is 0 Å². The van der Waals surface area contributed by atoms with Gasteiger partial charge in [0.25, 0.3) is 0 Å². The molecule has 0 aliphatic heterocycles. The number of hydrogen-bond acceptors (Lipinski definition) is 1. The zero-order valence-electron chi connectivity index (χ0n) is 8.65. The van der Waals surface area contributed by atoms with Gasteiger partial charge >= 0.3 is 0 Å². The van der Waals surface area contributed by atoms with Gasteiger partial charge in [-0.05, 0) is 46.2 Å².